The van der Waals surface area contributed by atoms with Crippen molar-refractivity contribution in [2.75, 3.05) is 18.7 Å². The molecule has 0 N–H and O–H groups in total. The van der Waals surface area contributed by atoms with Crippen molar-refractivity contribution in [1.82, 2.24) is 0 Å². The average Bonchev–Trinajstić information content (AvgIpc) is 2.88. The first kappa shape index (κ1) is 19.0. The highest BCUT2D eigenvalue weighted by Gasteiger charge is 2.54. The van der Waals surface area contributed by atoms with Gasteiger partial charge in [0.15, 0.2) is 11.4 Å². The quantitative estimate of drug-likeness (QED) is 0.729. The Hall–Kier alpha value is -1.30. The molecule has 0 aromatic heterocycles. The number of nitrogens with zero attached hydrogens (tertiary/aromatic N) is 2. The molecule has 0 radical (unpaired) electrons. The van der Waals surface area contributed by atoms with Crippen LogP contribution in [0, 0.1) is 5.41 Å². The van der Waals surface area contributed by atoms with Gasteiger partial charge in [0.1, 0.15) is 0 Å². The van der Waals surface area contributed by atoms with Gasteiger partial charge in [0.2, 0.25) is 0 Å². The van der Waals surface area contributed by atoms with E-state index in [0.717, 1.165) is 0 Å². The summed E-state index contributed by atoms with van der Waals surface area (Å²) in [7, 11) is 1.60. The van der Waals surface area contributed by atoms with Crippen LogP contribution in [0.25, 0.3) is 0 Å². The predicted molar refractivity (Wildman–Crippen MR) is 96.8 cm³/mol. The summed E-state index contributed by atoms with van der Waals surface area (Å²) in [5.74, 6) is -0.448. The first-order valence-corrected chi connectivity index (χ1v) is 8.47. The number of carbonyl (C=O) groups is 1. The van der Waals surface area contributed by atoms with Gasteiger partial charge in [0, 0.05) is 24.0 Å². The molecule has 1 aromatic rings. The van der Waals surface area contributed by atoms with E-state index in [9.17, 15) is 4.79 Å². The third-order valence-electron chi connectivity index (χ3n) is 4.13. The van der Waals surface area contributed by atoms with Crippen molar-refractivity contribution in [3.8, 4) is 0 Å². The molecule has 2 rings (SSSR count). The highest BCUT2D eigenvalue weighted by molar-refractivity contribution is 6.38. The SMILES string of the molecule is CCOC(=O)C1=NN(c2ccc(Cl)cc2Cl)C(OC)(C(C)(C)C)C1. The van der Waals surface area contributed by atoms with Crippen LogP contribution in [0.4, 0.5) is 5.69 Å². The van der Waals surface area contributed by atoms with Crippen molar-refractivity contribution >= 4 is 40.6 Å². The molecule has 5 nitrogen and oxygen atoms in total. The zero-order valence-electron chi connectivity index (χ0n) is 14.5. The summed E-state index contributed by atoms with van der Waals surface area (Å²) in [6.45, 7) is 8.12. The Morgan fingerprint density at radius 2 is 2.04 bits per heavy atom. The van der Waals surface area contributed by atoms with Gasteiger partial charge >= 0.3 is 5.97 Å². The minimum atomic E-state index is -0.868. The van der Waals surface area contributed by atoms with Crippen molar-refractivity contribution < 1.29 is 14.3 Å². The standard InChI is InChI=1S/C17H22Cl2N2O3/c1-6-24-15(22)13-10-17(23-5,16(2,3)4)21(20-13)14-8-7-11(18)9-12(14)19/h7-9H,6,10H2,1-5H3. The van der Waals surface area contributed by atoms with Gasteiger partial charge < -0.3 is 9.47 Å². The van der Waals surface area contributed by atoms with Gasteiger partial charge in [-0.2, -0.15) is 5.10 Å². The number of hydrogen-bond acceptors (Lipinski definition) is 5. The van der Waals surface area contributed by atoms with E-state index in [0.29, 0.717) is 27.9 Å². The van der Waals surface area contributed by atoms with Crippen LogP contribution in [0.2, 0.25) is 10.0 Å². The first-order valence-electron chi connectivity index (χ1n) is 7.71. The Labute approximate surface area is 152 Å². The third-order valence-corrected chi connectivity index (χ3v) is 4.67. The summed E-state index contributed by atoms with van der Waals surface area (Å²) >= 11 is 12.4. The second kappa shape index (κ2) is 6.90. The van der Waals surface area contributed by atoms with Crippen LogP contribution in [0.3, 0.4) is 0 Å². The highest BCUT2D eigenvalue weighted by atomic mass is 35.5. The van der Waals surface area contributed by atoms with E-state index < -0.39 is 11.7 Å². The lowest BCUT2D eigenvalue weighted by molar-refractivity contribution is -0.135. The maximum Gasteiger partial charge on any atom is 0.354 e. The Morgan fingerprint density at radius 3 is 2.54 bits per heavy atom. The zero-order chi connectivity index (χ0) is 18.1. The van der Waals surface area contributed by atoms with E-state index in [2.05, 4.69) is 5.10 Å². The zero-order valence-corrected chi connectivity index (χ0v) is 16.0. The number of carbonyl (C=O) groups excluding carboxylic acids is 1. The van der Waals surface area contributed by atoms with E-state index >= 15 is 0 Å². The highest BCUT2D eigenvalue weighted by Crippen LogP contribution is 2.47. The van der Waals surface area contributed by atoms with Crippen molar-refractivity contribution in [1.29, 1.82) is 0 Å². The average molecular weight is 373 g/mol. The first-order chi connectivity index (χ1) is 11.2. The summed E-state index contributed by atoms with van der Waals surface area (Å²) in [5.41, 5.74) is -0.300. The fourth-order valence-electron chi connectivity index (χ4n) is 2.82. The number of benzene rings is 1. The number of esters is 1. The van der Waals surface area contributed by atoms with E-state index in [1.807, 2.05) is 20.8 Å². The number of ether oxygens (including phenoxy) is 2. The molecule has 0 amide bonds. The van der Waals surface area contributed by atoms with Crippen LogP contribution < -0.4 is 5.01 Å². The molecule has 0 aliphatic carbocycles. The Balaban J connectivity index is 2.57. The minimum Gasteiger partial charge on any atom is -0.461 e. The second-order valence-electron chi connectivity index (χ2n) is 6.59. The summed E-state index contributed by atoms with van der Waals surface area (Å²) in [6.07, 6.45) is 0.296. The Kier molecular flexibility index (Phi) is 5.47. The molecule has 0 saturated heterocycles. The van der Waals surface area contributed by atoms with E-state index in [4.69, 9.17) is 32.7 Å². The van der Waals surface area contributed by atoms with Crippen LogP contribution in [-0.2, 0) is 14.3 Å². The molecule has 1 unspecified atom stereocenters. The topological polar surface area (TPSA) is 51.1 Å². The summed E-state index contributed by atoms with van der Waals surface area (Å²) in [4.78, 5) is 12.2. The monoisotopic (exact) mass is 372 g/mol. The van der Waals surface area contributed by atoms with Crippen LogP contribution in [0.5, 0.6) is 0 Å². The van der Waals surface area contributed by atoms with Gasteiger partial charge in [-0.3, -0.25) is 0 Å². The molecular formula is C17H22Cl2N2O3. The number of methoxy groups -OCH3 is 1. The summed E-state index contributed by atoms with van der Waals surface area (Å²) in [6, 6.07) is 5.13. The molecule has 0 bridgehead atoms. The van der Waals surface area contributed by atoms with Gasteiger partial charge in [0.25, 0.3) is 0 Å². The summed E-state index contributed by atoms with van der Waals surface area (Å²) < 4.78 is 11.0. The molecule has 1 aliphatic heterocycles. The lowest BCUT2D eigenvalue weighted by Gasteiger charge is -2.46. The smallest absolute Gasteiger partial charge is 0.354 e. The minimum absolute atomic E-state index is 0.287. The van der Waals surface area contributed by atoms with Gasteiger partial charge in [-0.25, -0.2) is 9.80 Å². The van der Waals surface area contributed by atoms with Gasteiger partial charge in [-0.05, 0) is 25.1 Å². The van der Waals surface area contributed by atoms with Gasteiger partial charge in [-0.1, -0.05) is 44.0 Å². The Bertz CT molecular complexity index is 670. The maximum absolute atomic E-state index is 12.2. The molecule has 1 aliphatic rings. The number of hydrazone groups is 1. The maximum atomic E-state index is 12.2. The molecular weight excluding hydrogens is 351 g/mol. The van der Waals surface area contributed by atoms with Crippen LogP contribution in [0.15, 0.2) is 23.3 Å². The lowest BCUT2D eigenvalue weighted by atomic mass is 9.79. The summed E-state index contributed by atoms with van der Waals surface area (Å²) in [5, 5.41) is 7.10. The molecule has 1 heterocycles. The Morgan fingerprint density at radius 1 is 1.38 bits per heavy atom. The van der Waals surface area contributed by atoms with E-state index in [-0.39, 0.29) is 12.0 Å². The third kappa shape index (κ3) is 3.25. The van der Waals surface area contributed by atoms with E-state index in [1.54, 1.807) is 37.2 Å². The van der Waals surface area contributed by atoms with E-state index in [1.165, 1.54) is 0 Å². The molecule has 132 valence electrons. The normalized spacial score (nSPS) is 21.0. The number of halogens is 2. The van der Waals surface area contributed by atoms with Crippen molar-refractivity contribution in [3.63, 3.8) is 0 Å². The van der Waals surface area contributed by atoms with Crippen molar-refractivity contribution in [3.05, 3.63) is 28.2 Å². The molecule has 7 heteroatoms. The molecule has 0 saturated carbocycles. The molecule has 1 aromatic carbocycles. The van der Waals surface area contributed by atoms with Crippen LogP contribution in [-0.4, -0.2) is 31.1 Å². The van der Waals surface area contributed by atoms with Crippen LogP contribution in [0.1, 0.15) is 34.1 Å². The fourth-order valence-corrected chi connectivity index (χ4v) is 3.30. The number of hydrogen-bond donors (Lipinski definition) is 0. The largest absolute Gasteiger partial charge is 0.461 e. The lowest BCUT2D eigenvalue weighted by Crippen LogP contribution is -2.55. The molecule has 24 heavy (non-hydrogen) atoms. The predicted octanol–water partition coefficient (Wildman–Crippen LogP) is 4.51. The number of anilines is 1. The molecule has 1 atom stereocenters. The van der Waals surface area contributed by atoms with Gasteiger partial charge in [0.05, 0.1) is 17.3 Å². The van der Waals surface area contributed by atoms with Crippen molar-refractivity contribution in [2.24, 2.45) is 10.5 Å². The molecule has 0 spiro atoms. The van der Waals surface area contributed by atoms with Gasteiger partial charge in [-0.15, -0.1) is 0 Å². The number of rotatable bonds is 4. The molecule has 0 fully saturated rings. The van der Waals surface area contributed by atoms with Crippen LogP contribution >= 0.6 is 23.2 Å². The second-order valence-corrected chi connectivity index (χ2v) is 7.43. The fraction of sp³-hybridized carbons (Fsp3) is 0.529. The van der Waals surface area contributed by atoms with Crippen molar-refractivity contribution in [2.45, 2.75) is 39.8 Å².